The van der Waals surface area contributed by atoms with E-state index in [2.05, 4.69) is 10.4 Å². The van der Waals surface area contributed by atoms with Gasteiger partial charge in [-0.15, -0.1) is 0 Å². The minimum Gasteiger partial charge on any atom is -0.350 e. The molecule has 0 spiro atoms. The van der Waals surface area contributed by atoms with Gasteiger partial charge in [-0.05, 0) is 43.9 Å². The summed E-state index contributed by atoms with van der Waals surface area (Å²) < 4.78 is 78.9. The number of rotatable bonds is 4. The zero-order valence-corrected chi connectivity index (χ0v) is 14.6. The normalized spacial score (nSPS) is 14.6. The molecular weight excluding hydrogens is 388 g/mol. The average Bonchev–Trinajstić information content (AvgIpc) is 3.00. The first-order valence-electron chi connectivity index (χ1n) is 8.68. The van der Waals surface area contributed by atoms with Crippen molar-refractivity contribution in [3.05, 3.63) is 52.3 Å². The molecule has 28 heavy (non-hydrogen) atoms. The molecule has 3 rings (SSSR count). The van der Waals surface area contributed by atoms with Crippen LogP contribution in [0.3, 0.4) is 0 Å². The monoisotopic (exact) mass is 405 g/mol. The van der Waals surface area contributed by atoms with Crippen molar-refractivity contribution in [2.45, 2.75) is 44.6 Å². The topological polar surface area (TPSA) is 46.9 Å². The van der Waals surface area contributed by atoms with Gasteiger partial charge in [0.2, 0.25) is 0 Å². The Bertz CT molecular complexity index is 869. The Morgan fingerprint density at radius 3 is 2.46 bits per heavy atom. The lowest BCUT2D eigenvalue weighted by Crippen LogP contribution is -2.28. The predicted molar refractivity (Wildman–Crippen MR) is 87.6 cm³/mol. The lowest BCUT2D eigenvalue weighted by atomic mass is 9.95. The van der Waals surface area contributed by atoms with Crippen LogP contribution < -0.4 is 5.32 Å². The number of hydrogen-bond acceptors (Lipinski definition) is 2. The fraction of sp³-hybridized carbons (Fsp3) is 0.444. The first-order chi connectivity index (χ1) is 13.1. The number of fused-ring (bicyclic) bond motifs is 1. The van der Waals surface area contributed by atoms with Crippen LogP contribution in [0.4, 0.5) is 26.3 Å². The molecule has 0 bridgehead atoms. The number of nitrogens with one attached hydrogen (secondary N) is 1. The summed E-state index contributed by atoms with van der Waals surface area (Å²) in [6, 6.07) is 3.94. The van der Waals surface area contributed by atoms with E-state index in [0.29, 0.717) is 25.0 Å². The van der Waals surface area contributed by atoms with Crippen molar-refractivity contribution < 1.29 is 31.1 Å². The number of nitrogens with zero attached hydrogens (tertiary/aromatic N) is 2. The molecule has 1 amide bonds. The molecule has 0 radical (unpaired) electrons. The second-order valence-corrected chi connectivity index (χ2v) is 6.54. The maximum atomic E-state index is 13.2. The van der Waals surface area contributed by atoms with Crippen molar-refractivity contribution >= 4 is 5.91 Å². The maximum absolute atomic E-state index is 13.2. The van der Waals surface area contributed by atoms with E-state index in [1.54, 1.807) is 0 Å². The third kappa shape index (κ3) is 4.31. The molecule has 0 aliphatic heterocycles. The number of carbonyl (C=O) groups is 1. The largest absolute Gasteiger partial charge is 0.435 e. The first-order valence-corrected chi connectivity index (χ1v) is 8.68. The van der Waals surface area contributed by atoms with Gasteiger partial charge in [-0.1, -0.05) is 6.07 Å². The molecule has 1 N–H and O–H groups in total. The van der Waals surface area contributed by atoms with Gasteiger partial charge in [0.05, 0.1) is 12.1 Å². The summed E-state index contributed by atoms with van der Waals surface area (Å²) in [4.78, 5) is 12.1. The third-order valence-corrected chi connectivity index (χ3v) is 4.59. The summed E-state index contributed by atoms with van der Waals surface area (Å²) in [5, 5.41) is 6.10. The summed E-state index contributed by atoms with van der Waals surface area (Å²) >= 11 is 0. The van der Waals surface area contributed by atoms with Crippen molar-refractivity contribution in [2.75, 3.05) is 6.54 Å². The number of amides is 1. The Morgan fingerprint density at radius 1 is 1.07 bits per heavy atom. The van der Waals surface area contributed by atoms with Crippen LogP contribution in [0.1, 0.15) is 45.7 Å². The van der Waals surface area contributed by atoms with Gasteiger partial charge in [-0.25, -0.2) is 0 Å². The predicted octanol–water partition coefficient (Wildman–Crippen LogP) is 4.23. The summed E-state index contributed by atoms with van der Waals surface area (Å²) in [5.74, 6) is -0.733. The molecule has 1 aromatic heterocycles. The molecule has 0 saturated heterocycles. The summed E-state index contributed by atoms with van der Waals surface area (Å²) in [6.07, 6.45) is -6.92. The van der Waals surface area contributed by atoms with E-state index in [1.807, 2.05) is 0 Å². The first kappa shape index (κ1) is 20.2. The lowest BCUT2D eigenvalue weighted by Gasteiger charge is -2.15. The van der Waals surface area contributed by atoms with E-state index in [4.69, 9.17) is 0 Å². The second kappa shape index (κ2) is 7.48. The molecule has 4 nitrogen and oxygen atoms in total. The van der Waals surface area contributed by atoms with E-state index in [-0.39, 0.29) is 24.2 Å². The van der Waals surface area contributed by atoms with E-state index >= 15 is 0 Å². The summed E-state index contributed by atoms with van der Waals surface area (Å²) in [5.41, 5.74) is -1.31. The lowest BCUT2D eigenvalue weighted by molar-refractivity contribution is -0.142. The molecule has 0 saturated carbocycles. The fourth-order valence-electron chi connectivity index (χ4n) is 3.30. The zero-order chi connectivity index (χ0) is 20.5. The van der Waals surface area contributed by atoms with Crippen LogP contribution in [-0.4, -0.2) is 22.2 Å². The second-order valence-electron chi connectivity index (χ2n) is 6.54. The Morgan fingerprint density at radius 2 is 1.79 bits per heavy atom. The molecule has 2 aromatic rings. The number of carbonyl (C=O) groups excluding carboxylic acids is 1. The van der Waals surface area contributed by atoms with Crippen molar-refractivity contribution in [3.63, 3.8) is 0 Å². The van der Waals surface area contributed by atoms with Crippen molar-refractivity contribution in [1.29, 1.82) is 0 Å². The molecule has 1 aliphatic carbocycles. The highest BCUT2D eigenvalue weighted by molar-refractivity contribution is 5.94. The van der Waals surface area contributed by atoms with Gasteiger partial charge in [-0.3, -0.25) is 9.48 Å². The SMILES string of the molecule is O=C(NCCn1nc(C(F)(F)F)c2c1CCCC2)c1cccc(C(F)(F)F)c1. The standard InChI is InChI=1S/C18H17F6N3O/c19-17(20,21)12-5-3-4-11(10-12)16(28)25-8-9-27-14-7-2-1-6-13(14)15(26-27)18(22,23)24/h3-5,10H,1-2,6-9H2,(H,25,28). The van der Waals surface area contributed by atoms with Crippen LogP contribution in [-0.2, 0) is 31.7 Å². The molecule has 0 fully saturated rings. The Hall–Kier alpha value is -2.52. The molecular formula is C18H17F6N3O. The van der Waals surface area contributed by atoms with Crippen molar-refractivity contribution in [1.82, 2.24) is 15.1 Å². The molecule has 10 heteroatoms. The van der Waals surface area contributed by atoms with Gasteiger partial charge in [0, 0.05) is 23.4 Å². The molecule has 1 heterocycles. The molecule has 0 unspecified atom stereocenters. The van der Waals surface area contributed by atoms with Gasteiger partial charge in [0.1, 0.15) is 0 Å². The summed E-state index contributed by atoms with van der Waals surface area (Å²) in [7, 11) is 0. The molecule has 1 aromatic carbocycles. The van der Waals surface area contributed by atoms with Crippen LogP contribution in [0.25, 0.3) is 0 Å². The highest BCUT2D eigenvalue weighted by Gasteiger charge is 2.39. The van der Waals surface area contributed by atoms with Gasteiger partial charge in [0.15, 0.2) is 5.69 Å². The smallest absolute Gasteiger partial charge is 0.350 e. The number of halogens is 6. The Kier molecular flexibility index (Phi) is 5.40. The van der Waals surface area contributed by atoms with Gasteiger partial charge in [0.25, 0.3) is 5.91 Å². The van der Waals surface area contributed by atoms with Crippen molar-refractivity contribution in [3.8, 4) is 0 Å². The van der Waals surface area contributed by atoms with Gasteiger partial charge < -0.3 is 5.32 Å². The number of benzene rings is 1. The highest BCUT2D eigenvalue weighted by Crippen LogP contribution is 2.35. The van der Waals surface area contributed by atoms with Crippen LogP contribution in [0.15, 0.2) is 24.3 Å². The number of hydrogen-bond donors (Lipinski definition) is 1. The minimum atomic E-state index is -4.57. The number of alkyl halides is 6. The van der Waals surface area contributed by atoms with E-state index in [1.165, 1.54) is 10.7 Å². The van der Waals surface area contributed by atoms with Gasteiger partial charge >= 0.3 is 12.4 Å². The van der Waals surface area contributed by atoms with E-state index in [9.17, 15) is 31.1 Å². The fourth-order valence-corrected chi connectivity index (χ4v) is 3.30. The van der Waals surface area contributed by atoms with Crippen LogP contribution in [0.5, 0.6) is 0 Å². The molecule has 1 aliphatic rings. The van der Waals surface area contributed by atoms with E-state index in [0.717, 1.165) is 24.6 Å². The maximum Gasteiger partial charge on any atom is 0.435 e. The quantitative estimate of drug-likeness (QED) is 0.774. The van der Waals surface area contributed by atoms with E-state index < -0.39 is 29.5 Å². The Labute approximate surface area is 156 Å². The van der Waals surface area contributed by atoms with Crippen LogP contribution >= 0.6 is 0 Å². The van der Waals surface area contributed by atoms with Gasteiger partial charge in [-0.2, -0.15) is 31.4 Å². The molecule has 0 atom stereocenters. The highest BCUT2D eigenvalue weighted by atomic mass is 19.4. The summed E-state index contributed by atoms with van der Waals surface area (Å²) in [6.45, 7) is -0.0520. The Balaban J connectivity index is 1.69. The van der Waals surface area contributed by atoms with Crippen LogP contribution in [0, 0.1) is 0 Å². The van der Waals surface area contributed by atoms with Crippen molar-refractivity contribution in [2.24, 2.45) is 0 Å². The minimum absolute atomic E-state index is 0.00309. The average molecular weight is 405 g/mol. The van der Waals surface area contributed by atoms with Crippen LogP contribution in [0.2, 0.25) is 0 Å². The third-order valence-electron chi connectivity index (χ3n) is 4.59. The number of aromatic nitrogens is 2. The molecule has 152 valence electrons. The zero-order valence-electron chi connectivity index (χ0n) is 14.6.